The van der Waals surface area contributed by atoms with Gasteiger partial charge in [-0.15, -0.1) is 0 Å². The molecule has 0 saturated heterocycles. The summed E-state index contributed by atoms with van der Waals surface area (Å²) in [6, 6.07) is 0. The van der Waals surface area contributed by atoms with E-state index in [1.54, 1.807) is 0 Å². The van der Waals surface area contributed by atoms with Crippen molar-refractivity contribution in [1.29, 1.82) is 0 Å². The van der Waals surface area contributed by atoms with E-state index >= 15 is 0 Å². The molecule has 0 aromatic heterocycles. The van der Waals surface area contributed by atoms with Crippen molar-refractivity contribution in [2.45, 2.75) is 125 Å². The van der Waals surface area contributed by atoms with Gasteiger partial charge in [-0.25, -0.2) is 0 Å². The molecule has 2 nitrogen and oxygen atoms in total. The van der Waals surface area contributed by atoms with Crippen LogP contribution in [0.4, 0.5) is 22.7 Å². The van der Waals surface area contributed by atoms with Crippen LogP contribution in [0, 0.1) is 125 Å². The monoisotopic (exact) mass is 616 g/mol. The molecule has 246 valence electrons. The second-order valence-corrected chi connectivity index (χ2v) is 14.5. The van der Waals surface area contributed by atoms with Gasteiger partial charge in [-0.2, -0.15) is 0 Å². The molecule has 0 unspecified atom stereocenters. The van der Waals surface area contributed by atoms with Crippen molar-refractivity contribution in [1.82, 2.24) is 0 Å². The van der Waals surface area contributed by atoms with Gasteiger partial charge in [0.05, 0.1) is 0 Å². The van der Waals surface area contributed by atoms with Gasteiger partial charge in [0, 0.05) is 36.8 Å². The number of hydrogen-bond acceptors (Lipinski definition) is 2. The molecule has 0 amide bonds. The SMILES string of the molecule is Cc1c(C)c(C)c(N(C)c2c(C)c(C)c(-c3c(C)c(C)c(N(C)c4c(C)c(C)c(C)c(C)c4C)c(C)c3C)c(C)c2C)c(C)c1C. The van der Waals surface area contributed by atoms with Crippen LogP contribution < -0.4 is 9.80 Å². The van der Waals surface area contributed by atoms with Crippen LogP contribution in [-0.4, -0.2) is 14.1 Å². The Balaban J connectivity index is 1.99. The third-order valence-corrected chi connectivity index (χ3v) is 12.7. The van der Waals surface area contributed by atoms with Gasteiger partial charge in [-0.05, 0) is 236 Å². The normalized spacial score (nSPS) is 11.5. The smallest absolute Gasteiger partial charge is 0.0473 e. The molecule has 0 aliphatic carbocycles. The summed E-state index contributed by atoms with van der Waals surface area (Å²) in [5.41, 5.74) is 33.1. The lowest BCUT2D eigenvalue weighted by atomic mass is 9.81. The quantitative estimate of drug-likeness (QED) is 0.220. The van der Waals surface area contributed by atoms with Crippen molar-refractivity contribution in [3.63, 3.8) is 0 Å². The van der Waals surface area contributed by atoms with Crippen molar-refractivity contribution in [3.8, 4) is 11.1 Å². The van der Waals surface area contributed by atoms with Crippen LogP contribution in [0.15, 0.2) is 0 Å². The van der Waals surface area contributed by atoms with Gasteiger partial charge < -0.3 is 9.80 Å². The summed E-state index contributed by atoms with van der Waals surface area (Å²) >= 11 is 0. The molecule has 0 aliphatic rings. The number of anilines is 4. The highest BCUT2D eigenvalue weighted by molar-refractivity contribution is 5.89. The van der Waals surface area contributed by atoms with E-state index in [2.05, 4.69) is 149 Å². The van der Waals surface area contributed by atoms with E-state index in [0.717, 1.165) is 0 Å². The zero-order chi connectivity index (χ0) is 35.0. The number of nitrogens with zero attached hydrogens (tertiary/aromatic N) is 2. The maximum atomic E-state index is 2.48. The van der Waals surface area contributed by atoms with Crippen LogP contribution in [0.25, 0.3) is 11.1 Å². The van der Waals surface area contributed by atoms with Crippen molar-refractivity contribution >= 4 is 22.7 Å². The van der Waals surface area contributed by atoms with Crippen molar-refractivity contribution in [2.75, 3.05) is 23.9 Å². The van der Waals surface area contributed by atoms with E-state index < -0.39 is 0 Å². The third kappa shape index (κ3) is 4.99. The van der Waals surface area contributed by atoms with E-state index in [9.17, 15) is 0 Å². The van der Waals surface area contributed by atoms with Gasteiger partial charge in [-0.3, -0.25) is 0 Å². The average molecular weight is 617 g/mol. The molecule has 46 heavy (non-hydrogen) atoms. The summed E-state index contributed by atoms with van der Waals surface area (Å²) in [6.07, 6.45) is 0. The van der Waals surface area contributed by atoms with Crippen LogP contribution in [0.3, 0.4) is 0 Å². The zero-order valence-electron chi connectivity index (χ0n) is 32.9. The van der Waals surface area contributed by atoms with Crippen molar-refractivity contribution in [3.05, 3.63) is 100 Å². The second kappa shape index (κ2) is 12.3. The molecule has 4 rings (SSSR count). The Morgan fingerprint density at radius 2 is 0.326 bits per heavy atom. The molecule has 4 aromatic rings. The molecule has 0 heterocycles. The Labute approximate surface area is 281 Å². The molecule has 0 saturated carbocycles. The minimum atomic E-state index is 1.34. The van der Waals surface area contributed by atoms with Crippen LogP contribution in [0.5, 0.6) is 0 Å². The maximum Gasteiger partial charge on any atom is 0.0473 e. The highest BCUT2D eigenvalue weighted by Crippen LogP contribution is 2.48. The molecule has 0 N–H and O–H groups in total. The fraction of sp³-hybridized carbons (Fsp3) is 0.455. The largest absolute Gasteiger partial charge is 0.344 e. The molecule has 2 heteroatoms. The number of rotatable bonds is 5. The van der Waals surface area contributed by atoms with Gasteiger partial charge >= 0.3 is 0 Å². The topological polar surface area (TPSA) is 6.48 Å². The van der Waals surface area contributed by atoms with Crippen LogP contribution in [0.2, 0.25) is 0 Å². The van der Waals surface area contributed by atoms with E-state index in [-0.39, 0.29) is 0 Å². The second-order valence-electron chi connectivity index (χ2n) is 14.5. The lowest BCUT2D eigenvalue weighted by molar-refractivity contribution is 1.07. The maximum absolute atomic E-state index is 2.48. The Morgan fingerprint density at radius 3 is 0.500 bits per heavy atom. The molecule has 0 atom stereocenters. The molecular formula is C44H60N2. The van der Waals surface area contributed by atoms with Gasteiger partial charge in [0.15, 0.2) is 0 Å². The molecular weight excluding hydrogens is 556 g/mol. The van der Waals surface area contributed by atoms with Crippen LogP contribution in [-0.2, 0) is 0 Å². The van der Waals surface area contributed by atoms with E-state index in [1.807, 2.05) is 0 Å². The first-order valence-electron chi connectivity index (χ1n) is 17.0. The first-order chi connectivity index (χ1) is 21.2. The molecule has 0 fully saturated rings. The van der Waals surface area contributed by atoms with Gasteiger partial charge in [0.2, 0.25) is 0 Å². The molecule has 4 aromatic carbocycles. The fourth-order valence-electron chi connectivity index (χ4n) is 8.53. The Kier molecular flexibility index (Phi) is 9.41. The fourth-order valence-corrected chi connectivity index (χ4v) is 8.53. The first kappa shape index (κ1) is 35.3. The van der Waals surface area contributed by atoms with E-state index in [0.29, 0.717) is 0 Å². The standard InChI is InChI=1S/C44H60N2/c1-21-23(3)31(11)41(32(12)24(21)4)45(19)43-35(15)27(7)39(28(8)36(43)16)40-29(9)37(17)44(38(18)30(40)10)46(20)42-33(13)25(5)22(2)26(6)34(42)14/h1-20H3. The summed E-state index contributed by atoms with van der Waals surface area (Å²) in [4.78, 5) is 4.95. The van der Waals surface area contributed by atoms with Gasteiger partial charge in [0.25, 0.3) is 0 Å². The van der Waals surface area contributed by atoms with E-state index in [1.165, 1.54) is 134 Å². The number of hydrogen-bond donors (Lipinski definition) is 0. The zero-order valence-corrected chi connectivity index (χ0v) is 32.9. The van der Waals surface area contributed by atoms with E-state index in [4.69, 9.17) is 0 Å². The van der Waals surface area contributed by atoms with Crippen molar-refractivity contribution in [2.24, 2.45) is 0 Å². The number of benzene rings is 4. The molecule has 0 aliphatic heterocycles. The minimum Gasteiger partial charge on any atom is -0.344 e. The van der Waals surface area contributed by atoms with Crippen molar-refractivity contribution < 1.29 is 0 Å². The predicted octanol–water partition coefficient (Wildman–Crippen LogP) is 12.4. The summed E-state index contributed by atoms with van der Waals surface area (Å²) in [5.74, 6) is 0. The molecule has 0 radical (unpaired) electrons. The Hall–Kier alpha value is -3.52. The molecule has 0 bridgehead atoms. The summed E-state index contributed by atoms with van der Waals surface area (Å²) in [6.45, 7) is 41.5. The predicted molar refractivity (Wildman–Crippen MR) is 206 cm³/mol. The summed E-state index contributed by atoms with van der Waals surface area (Å²) in [5, 5.41) is 0. The minimum absolute atomic E-state index is 1.34. The molecule has 0 spiro atoms. The third-order valence-electron chi connectivity index (χ3n) is 12.7. The Morgan fingerprint density at radius 1 is 0.196 bits per heavy atom. The summed E-state index contributed by atoms with van der Waals surface area (Å²) < 4.78 is 0. The van der Waals surface area contributed by atoms with Crippen LogP contribution in [0.1, 0.15) is 100 Å². The van der Waals surface area contributed by atoms with Crippen LogP contribution >= 0.6 is 0 Å². The summed E-state index contributed by atoms with van der Waals surface area (Å²) in [7, 11) is 4.54. The first-order valence-corrected chi connectivity index (χ1v) is 17.0. The highest BCUT2D eigenvalue weighted by Gasteiger charge is 2.27. The lowest BCUT2D eigenvalue weighted by Crippen LogP contribution is -2.19. The van der Waals surface area contributed by atoms with Gasteiger partial charge in [-0.1, -0.05) is 0 Å². The van der Waals surface area contributed by atoms with Gasteiger partial charge in [0.1, 0.15) is 0 Å². The average Bonchev–Trinajstić information content (AvgIpc) is 3.01. The highest BCUT2D eigenvalue weighted by atomic mass is 15.1. The Bertz CT molecular complexity index is 1670. The lowest BCUT2D eigenvalue weighted by Gasteiger charge is -2.34.